The maximum atomic E-state index is 14.2. The van der Waals surface area contributed by atoms with E-state index in [4.69, 9.17) is 23.7 Å². The lowest BCUT2D eigenvalue weighted by Gasteiger charge is -2.38. The number of hydrogen-bond donors (Lipinski definition) is 0. The topological polar surface area (TPSA) is 73.4 Å². The highest BCUT2D eigenvalue weighted by Gasteiger charge is 2.34. The molecule has 0 amide bonds. The van der Waals surface area contributed by atoms with Gasteiger partial charge in [0.15, 0.2) is 11.5 Å². The third-order valence-corrected chi connectivity index (χ3v) is 10.9. The number of benzene rings is 3. The number of rotatable bonds is 11. The maximum absolute atomic E-state index is 14.2. The Hall–Kier alpha value is -2.94. The quantitative estimate of drug-likeness (QED) is 0.185. The lowest BCUT2D eigenvalue weighted by atomic mass is 10.1. The standard InChI is InChI=1S/C30H36N3O5PS/c1-5-38-39(34,21-22-10-12-23(13-11-22)30-31-25-8-6-7-9-27(25)40-30)33-18-16-32(17-19-33)20-24-14-15-26(35-2)29(37-4)28(24)36-3/h6-15H,5,16-21H2,1-4H3. The van der Waals surface area contributed by atoms with Gasteiger partial charge in [-0.05, 0) is 30.7 Å². The summed E-state index contributed by atoms with van der Waals surface area (Å²) in [4.78, 5) is 7.10. The van der Waals surface area contributed by atoms with E-state index in [2.05, 4.69) is 23.1 Å². The van der Waals surface area contributed by atoms with Gasteiger partial charge in [0.1, 0.15) is 5.01 Å². The van der Waals surface area contributed by atoms with Crippen LogP contribution in [0.4, 0.5) is 0 Å². The molecule has 1 aliphatic heterocycles. The molecule has 0 radical (unpaired) electrons. The SMILES string of the molecule is CCOP(=O)(Cc1ccc(-c2nc3ccccc3s2)cc1)N1CCN(Cc2ccc(OC)c(OC)c2OC)CC1. The van der Waals surface area contributed by atoms with Crippen LogP contribution in [0.2, 0.25) is 0 Å². The molecule has 8 nitrogen and oxygen atoms in total. The van der Waals surface area contributed by atoms with Gasteiger partial charge in [-0.3, -0.25) is 9.46 Å². The number of thiazole rings is 1. The minimum atomic E-state index is -3.04. The van der Waals surface area contributed by atoms with E-state index in [0.717, 1.165) is 40.3 Å². The van der Waals surface area contributed by atoms with Crippen LogP contribution in [0.5, 0.6) is 17.2 Å². The zero-order chi connectivity index (χ0) is 28.1. The molecule has 1 saturated heterocycles. The largest absolute Gasteiger partial charge is 0.493 e. The molecule has 5 rings (SSSR count). The molecule has 0 N–H and O–H groups in total. The summed E-state index contributed by atoms with van der Waals surface area (Å²) in [6.45, 7) is 5.87. The molecule has 0 spiro atoms. The Labute approximate surface area is 240 Å². The van der Waals surface area contributed by atoms with Gasteiger partial charge < -0.3 is 18.7 Å². The van der Waals surface area contributed by atoms with Crippen LogP contribution in [0, 0.1) is 0 Å². The van der Waals surface area contributed by atoms with Crippen molar-refractivity contribution >= 4 is 29.1 Å². The van der Waals surface area contributed by atoms with Crippen LogP contribution >= 0.6 is 18.9 Å². The zero-order valence-electron chi connectivity index (χ0n) is 23.5. The second kappa shape index (κ2) is 12.7. The first-order valence-corrected chi connectivity index (χ1v) is 16.0. The van der Waals surface area contributed by atoms with Crippen molar-refractivity contribution in [2.75, 3.05) is 54.1 Å². The third kappa shape index (κ3) is 6.04. The van der Waals surface area contributed by atoms with Crippen LogP contribution in [0.1, 0.15) is 18.1 Å². The lowest BCUT2D eigenvalue weighted by molar-refractivity contribution is 0.160. The fraction of sp³-hybridized carbons (Fsp3) is 0.367. The van der Waals surface area contributed by atoms with Gasteiger partial charge in [0.25, 0.3) is 7.52 Å². The maximum Gasteiger partial charge on any atom is 0.276 e. The van der Waals surface area contributed by atoms with E-state index in [1.807, 2.05) is 54.1 Å². The molecule has 1 unspecified atom stereocenters. The zero-order valence-corrected chi connectivity index (χ0v) is 25.2. The van der Waals surface area contributed by atoms with Crippen LogP contribution < -0.4 is 14.2 Å². The normalized spacial score (nSPS) is 16.1. The molecular formula is C30H36N3O5PS. The van der Waals surface area contributed by atoms with Crippen molar-refractivity contribution in [3.05, 3.63) is 71.8 Å². The highest BCUT2D eigenvalue weighted by Crippen LogP contribution is 2.54. The molecule has 1 atom stereocenters. The number of para-hydroxylation sites is 1. The van der Waals surface area contributed by atoms with E-state index in [9.17, 15) is 4.57 Å². The molecule has 0 saturated carbocycles. The van der Waals surface area contributed by atoms with Gasteiger partial charge in [-0.25, -0.2) is 9.65 Å². The summed E-state index contributed by atoms with van der Waals surface area (Å²) >= 11 is 1.68. The van der Waals surface area contributed by atoms with Gasteiger partial charge in [-0.15, -0.1) is 11.3 Å². The Morgan fingerprint density at radius 1 is 0.875 bits per heavy atom. The Morgan fingerprint density at radius 3 is 2.25 bits per heavy atom. The number of piperazine rings is 1. The van der Waals surface area contributed by atoms with Crippen molar-refractivity contribution in [1.82, 2.24) is 14.6 Å². The molecule has 4 aromatic rings. The van der Waals surface area contributed by atoms with E-state index in [-0.39, 0.29) is 0 Å². The van der Waals surface area contributed by atoms with Gasteiger partial charge >= 0.3 is 0 Å². The predicted octanol–water partition coefficient (Wildman–Crippen LogP) is 6.54. The highest BCUT2D eigenvalue weighted by atomic mass is 32.1. The van der Waals surface area contributed by atoms with E-state index in [1.165, 1.54) is 4.70 Å². The van der Waals surface area contributed by atoms with Gasteiger partial charge in [-0.2, -0.15) is 0 Å². The average Bonchev–Trinajstić information content (AvgIpc) is 3.42. The minimum absolute atomic E-state index is 0.379. The molecule has 0 aliphatic carbocycles. The number of methoxy groups -OCH3 is 3. The van der Waals surface area contributed by atoms with Crippen LogP contribution in [0.25, 0.3) is 20.8 Å². The third-order valence-electron chi connectivity index (χ3n) is 7.17. The first-order valence-electron chi connectivity index (χ1n) is 13.4. The highest BCUT2D eigenvalue weighted by molar-refractivity contribution is 7.55. The smallest absolute Gasteiger partial charge is 0.276 e. The molecule has 212 valence electrons. The van der Waals surface area contributed by atoms with Gasteiger partial charge in [0.2, 0.25) is 5.75 Å². The van der Waals surface area contributed by atoms with Crippen molar-refractivity contribution in [2.45, 2.75) is 19.6 Å². The summed E-state index contributed by atoms with van der Waals surface area (Å²) in [5.41, 5.74) is 4.10. The molecule has 1 aliphatic rings. The van der Waals surface area contributed by atoms with Crippen LogP contribution in [0.3, 0.4) is 0 Å². The van der Waals surface area contributed by atoms with Gasteiger partial charge in [0, 0.05) is 43.9 Å². The second-order valence-corrected chi connectivity index (χ2v) is 13.1. The molecule has 10 heteroatoms. The van der Waals surface area contributed by atoms with Crippen LogP contribution in [-0.2, 0) is 21.8 Å². The number of ether oxygens (including phenoxy) is 3. The van der Waals surface area contributed by atoms with Crippen molar-refractivity contribution in [3.8, 4) is 27.8 Å². The number of nitrogens with zero attached hydrogens (tertiary/aromatic N) is 3. The van der Waals surface area contributed by atoms with E-state index in [0.29, 0.717) is 49.7 Å². The lowest BCUT2D eigenvalue weighted by Crippen LogP contribution is -2.44. The Balaban J connectivity index is 1.25. The van der Waals surface area contributed by atoms with Crippen molar-refractivity contribution in [2.24, 2.45) is 0 Å². The first kappa shape index (κ1) is 28.6. The van der Waals surface area contributed by atoms with Crippen LogP contribution in [0.15, 0.2) is 60.7 Å². The van der Waals surface area contributed by atoms with Crippen molar-refractivity contribution in [3.63, 3.8) is 0 Å². The van der Waals surface area contributed by atoms with E-state index < -0.39 is 7.52 Å². The number of aromatic nitrogens is 1. The summed E-state index contributed by atoms with van der Waals surface area (Å²) in [7, 11) is 1.83. The molecule has 3 aromatic carbocycles. The fourth-order valence-electron chi connectivity index (χ4n) is 5.14. The summed E-state index contributed by atoms with van der Waals surface area (Å²) in [5, 5.41) is 0.989. The Morgan fingerprint density at radius 2 is 1.60 bits per heavy atom. The predicted molar refractivity (Wildman–Crippen MR) is 161 cm³/mol. The number of fused-ring (bicyclic) bond motifs is 1. The summed E-state index contributed by atoms with van der Waals surface area (Å²) in [6, 6.07) is 20.3. The summed E-state index contributed by atoms with van der Waals surface area (Å²) in [6.07, 6.45) is 0.379. The fourth-order valence-corrected chi connectivity index (χ4v) is 8.43. The van der Waals surface area contributed by atoms with Gasteiger partial charge in [0.05, 0.1) is 44.3 Å². The Kier molecular flexibility index (Phi) is 9.08. The van der Waals surface area contributed by atoms with Gasteiger partial charge in [-0.1, -0.05) is 42.5 Å². The van der Waals surface area contributed by atoms with E-state index >= 15 is 0 Å². The molecule has 1 aromatic heterocycles. The number of hydrogen-bond acceptors (Lipinski definition) is 8. The van der Waals surface area contributed by atoms with Crippen molar-refractivity contribution < 1.29 is 23.3 Å². The van der Waals surface area contributed by atoms with Crippen molar-refractivity contribution in [1.29, 1.82) is 0 Å². The molecule has 2 heterocycles. The summed E-state index contributed by atoms with van der Waals surface area (Å²) < 4.78 is 40.0. The first-order chi connectivity index (χ1) is 19.5. The average molecular weight is 582 g/mol. The monoisotopic (exact) mass is 581 g/mol. The minimum Gasteiger partial charge on any atom is -0.493 e. The molecular weight excluding hydrogens is 545 g/mol. The Bertz CT molecular complexity index is 1450. The second-order valence-electron chi connectivity index (χ2n) is 9.62. The van der Waals surface area contributed by atoms with E-state index in [1.54, 1.807) is 32.7 Å². The molecule has 40 heavy (non-hydrogen) atoms. The van der Waals surface area contributed by atoms with Crippen LogP contribution in [-0.4, -0.2) is 68.7 Å². The molecule has 1 fully saturated rings. The molecule has 0 bridgehead atoms. The summed E-state index contributed by atoms with van der Waals surface area (Å²) in [5.74, 6) is 1.91.